The van der Waals surface area contributed by atoms with Gasteiger partial charge in [0.15, 0.2) is 12.4 Å². The number of carbonyl (C=O) groups is 1. The molecule has 0 aliphatic carbocycles. The first-order valence-corrected chi connectivity index (χ1v) is 7.18. The lowest BCUT2D eigenvalue weighted by molar-refractivity contribution is -0.671. The molecule has 3 nitrogen and oxygen atoms in total. The lowest BCUT2D eigenvalue weighted by atomic mass is 10.1. The van der Waals surface area contributed by atoms with Crippen LogP contribution >= 0.6 is 0 Å². The Kier molecular flexibility index (Phi) is 10.8. The summed E-state index contributed by atoms with van der Waals surface area (Å²) in [6, 6.07) is 4.36. The Morgan fingerprint density at radius 1 is 1.21 bits per heavy atom. The predicted molar refractivity (Wildman–Crippen MR) is 75.4 cm³/mol. The summed E-state index contributed by atoms with van der Waals surface area (Å²) in [5.41, 5.74) is 1.47. The predicted octanol–water partition coefficient (Wildman–Crippen LogP) is 2.17. The Hall–Kier alpha value is -1.38. The highest BCUT2D eigenvalue weighted by atomic mass is 16.4. The van der Waals surface area contributed by atoms with E-state index in [2.05, 4.69) is 43.1 Å². The number of carboxylic acids is 1. The van der Waals surface area contributed by atoms with Crippen molar-refractivity contribution in [1.82, 2.24) is 0 Å². The minimum atomic E-state index is -1.08. The summed E-state index contributed by atoms with van der Waals surface area (Å²) >= 11 is 0. The van der Waals surface area contributed by atoms with Crippen LogP contribution in [0.5, 0.6) is 0 Å². The Bertz CT molecular complexity index is 346. The molecule has 0 bridgehead atoms. The summed E-state index contributed by atoms with van der Waals surface area (Å²) in [7, 11) is 2.09. The topological polar surface area (TPSA) is 44.0 Å². The van der Waals surface area contributed by atoms with Gasteiger partial charge in [0.25, 0.3) is 0 Å². The number of carboxylic acid groups (broad SMARTS) is 1. The highest BCUT2D eigenvalue weighted by Crippen LogP contribution is 2.08. The minimum Gasteiger partial charge on any atom is -0.550 e. The van der Waals surface area contributed by atoms with E-state index in [1.165, 1.54) is 50.5 Å². The van der Waals surface area contributed by atoms with Crippen LogP contribution in [0.4, 0.5) is 0 Å². The summed E-state index contributed by atoms with van der Waals surface area (Å²) in [5.74, 6) is -1.08. The third kappa shape index (κ3) is 12.9. The van der Waals surface area contributed by atoms with Gasteiger partial charge in [-0.05, 0) is 25.8 Å². The van der Waals surface area contributed by atoms with Crippen molar-refractivity contribution in [1.29, 1.82) is 0 Å². The minimum absolute atomic E-state index is 0.972. The van der Waals surface area contributed by atoms with Gasteiger partial charge in [-0.2, -0.15) is 0 Å². The highest BCUT2D eigenvalue weighted by Gasteiger charge is 1.97. The van der Waals surface area contributed by atoms with Crippen molar-refractivity contribution in [3.8, 4) is 0 Å². The van der Waals surface area contributed by atoms with Crippen LogP contribution < -0.4 is 9.67 Å². The standard InChI is InChI=1S/C14H24N.C2H4O2/c1-3-4-5-6-7-8-10-14-11-9-12-15(2)13-14;1-2(3)4/h9,11-13H,3-8,10H2,1-2H3;1H3,(H,3,4)/q+1;/p-1. The molecule has 1 rings (SSSR count). The van der Waals surface area contributed by atoms with Gasteiger partial charge in [0.2, 0.25) is 0 Å². The SMILES string of the molecule is CC(=O)[O-].CCCCCCCCc1ccc[n+](C)c1. The zero-order valence-electron chi connectivity index (χ0n) is 12.5. The number of hydrogen-bond donors (Lipinski definition) is 0. The fourth-order valence-electron chi connectivity index (χ4n) is 1.91. The van der Waals surface area contributed by atoms with Crippen LogP contribution in [0.1, 0.15) is 57.9 Å². The van der Waals surface area contributed by atoms with Crippen molar-refractivity contribution in [3.05, 3.63) is 30.1 Å². The van der Waals surface area contributed by atoms with Crippen molar-refractivity contribution in [3.63, 3.8) is 0 Å². The van der Waals surface area contributed by atoms with E-state index in [4.69, 9.17) is 9.90 Å². The van der Waals surface area contributed by atoms with Crippen LogP contribution in [0, 0.1) is 0 Å². The number of carbonyl (C=O) groups excluding carboxylic acids is 1. The van der Waals surface area contributed by atoms with Crippen LogP contribution in [0.2, 0.25) is 0 Å². The molecule has 0 atom stereocenters. The first-order valence-electron chi connectivity index (χ1n) is 7.18. The molecule has 108 valence electrons. The molecule has 0 aliphatic rings. The van der Waals surface area contributed by atoms with Crippen molar-refractivity contribution in [2.45, 2.75) is 58.8 Å². The van der Waals surface area contributed by atoms with Crippen molar-refractivity contribution >= 4 is 5.97 Å². The van der Waals surface area contributed by atoms with E-state index >= 15 is 0 Å². The molecule has 1 aromatic rings. The van der Waals surface area contributed by atoms with Gasteiger partial charge >= 0.3 is 0 Å². The second-order valence-electron chi connectivity index (χ2n) is 4.89. The molecule has 0 fully saturated rings. The molecule has 0 saturated carbocycles. The zero-order chi connectivity index (χ0) is 14.5. The van der Waals surface area contributed by atoms with E-state index < -0.39 is 5.97 Å². The summed E-state index contributed by atoms with van der Waals surface area (Å²) in [6.45, 7) is 3.24. The Morgan fingerprint density at radius 2 is 1.79 bits per heavy atom. The maximum atomic E-state index is 8.89. The molecule has 0 saturated heterocycles. The average Bonchev–Trinajstić information content (AvgIpc) is 2.33. The number of unbranched alkanes of at least 4 members (excludes halogenated alkanes) is 5. The highest BCUT2D eigenvalue weighted by molar-refractivity contribution is 5.60. The van der Waals surface area contributed by atoms with Gasteiger partial charge in [0.1, 0.15) is 7.05 Å². The summed E-state index contributed by atoms with van der Waals surface area (Å²) < 4.78 is 2.13. The second-order valence-corrected chi connectivity index (χ2v) is 4.89. The quantitative estimate of drug-likeness (QED) is 0.560. The third-order valence-electron chi connectivity index (χ3n) is 2.82. The summed E-state index contributed by atoms with van der Waals surface area (Å²) in [4.78, 5) is 8.89. The lowest BCUT2D eigenvalue weighted by Gasteiger charge is -2.00. The maximum Gasteiger partial charge on any atom is 0.171 e. The fourth-order valence-corrected chi connectivity index (χ4v) is 1.91. The molecule has 0 spiro atoms. The fraction of sp³-hybridized carbons (Fsp3) is 0.625. The third-order valence-corrected chi connectivity index (χ3v) is 2.82. The molecule has 0 radical (unpaired) electrons. The van der Waals surface area contributed by atoms with E-state index in [0.29, 0.717) is 0 Å². The summed E-state index contributed by atoms with van der Waals surface area (Å²) in [6.07, 6.45) is 13.9. The Balaban J connectivity index is 0.000000711. The molecule has 0 N–H and O–H groups in total. The van der Waals surface area contributed by atoms with Gasteiger partial charge in [-0.3, -0.25) is 0 Å². The molecule has 1 aromatic heterocycles. The second kappa shape index (κ2) is 11.7. The van der Waals surface area contributed by atoms with Crippen LogP contribution in [0.3, 0.4) is 0 Å². The van der Waals surface area contributed by atoms with E-state index in [1.807, 2.05) is 0 Å². The van der Waals surface area contributed by atoms with Crippen molar-refractivity contribution in [2.24, 2.45) is 7.05 Å². The van der Waals surface area contributed by atoms with Gasteiger partial charge in [0, 0.05) is 17.6 Å². The smallest absolute Gasteiger partial charge is 0.171 e. The van der Waals surface area contributed by atoms with Crippen molar-refractivity contribution in [2.75, 3.05) is 0 Å². The number of nitrogens with zero attached hydrogens (tertiary/aromatic N) is 1. The molecule has 0 aromatic carbocycles. The number of pyridine rings is 1. The van der Waals surface area contributed by atoms with Gasteiger partial charge < -0.3 is 9.90 Å². The van der Waals surface area contributed by atoms with Crippen LogP contribution in [-0.2, 0) is 18.3 Å². The molecule has 0 aliphatic heterocycles. The van der Waals surface area contributed by atoms with Crippen molar-refractivity contribution < 1.29 is 14.5 Å². The van der Waals surface area contributed by atoms with E-state index in [9.17, 15) is 0 Å². The number of aryl methyl sites for hydroxylation is 2. The Morgan fingerprint density at radius 3 is 2.37 bits per heavy atom. The van der Waals surface area contributed by atoms with Crippen LogP contribution in [0.25, 0.3) is 0 Å². The van der Waals surface area contributed by atoms with Gasteiger partial charge in [0.05, 0.1) is 0 Å². The molecule has 3 heteroatoms. The van der Waals surface area contributed by atoms with E-state index in [1.54, 1.807) is 0 Å². The molecular formula is C16H27NO2. The number of hydrogen-bond acceptors (Lipinski definition) is 2. The van der Waals surface area contributed by atoms with E-state index in [0.717, 1.165) is 6.92 Å². The molecule has 19 heavy (non-hydrogen) atoms. The molecule has 0 amide bonds. The van der Waals surface area contributed by atoms with Crippen LogP contribution in [-0.4, -0.2) is 5.97 Å². The first-order chi connectivity index (χ1) is 9.06. The average molecular weight is 265 g/mol. The normalized spacial score (nSPS) is 9.63. The number of rotatable bonds is 7. The Labute approximate surface area is 117 Å². The van der Waals surface area contributed by atoms with Gasteiger partial charge in [-0.1, -0.05) is 39.0 Å². The monoisotopic (exact) mass is 265 g/mol. The van der Waals surface area contributed by atoms with Gasteiger partial charge in [-0.15, -0.1) is 0 Å². The maximum absolute atomic E-state index is 8.89. The van der Waals surface area contributed by atoms with E-state index in [-0.39, 0.29) is 0 Å². The first kappa shape index (κ1) is 17.6. The molecule has 1 heterocycles. The molecule has 0 unspecified atom stereocenters. The summed E-state index contributed by atoms with van der Waals surface area (Å²) in [5, 5.41) is 8.89. The lowest BCUT2D eigenvalue weighted by Crippen LogP contribution is -2.26. The molecular weight excluding hydrogens is 238 g/mol. The number of aromatic nitrogens is 1. The van der Waals surface area contributed by atoms with Gasteiger partial charge in [-0.25, -0.2) is 4.57 Å². The number of aliphatic carboxylic acids is 1. The zero-order valence-corrected chi connectivity index (χ0v) is 12.5. The largest absolute Gasteiger partial charge is 0.550 e. The van der Waals surface area contributed by atoms with Crippen LogP contribution in [0.15, 0.2) is 24.5 Å².